The molecule has 4 rings (SSSR count). The predicted molar refractivity (Wildman–Crippen MR) is 138 cm³/mol. The summed E-state index contributed by atoms with van der Waals surface area (Å²) in [6.07, 6.45) is 5.21. The van der Waals surface area contributed by atoms with Crippen molar-refractivity contribution in [2.45, 2.75) is 32.1 Å². The first-order valence-corrected chi connectivity index (χ1v) is 12.5. The van der Waals surface area contributed by atoms with Crippen LogP contribution in [0.15, 0.2) is 42.6 Å². The van der Waals surface area contributed by atoms with E-state index >= 15 is 0 Å². The highest BCUT2D eigenvalue weighted by atomic mass is 35.5. The molecule has 1 aliphatic rings. The standard InChI is InChI=1S/C26H32ClFN6O/c1-3-11-34(12-10-29-2)13-14-35-26-25(31-20-8-9-30-23(16-20)18-4-5-18)17-24(32-33-26)21-15-19(27)6-7-22(21)28/h6-9,15-18,29H,3-5,10-14H2,1-2H3,(H,30,31,32). The monoisotopic (exact) mass is 498 g/mol. The van der Waals surface area contributed by atoms with Gasteiger partial charge in [-0.3, -0.25) is 9.88 Å². The maximum Gasteiger partial charge on any atom is 0.257 e. The van der Waals surface area contributed by atoms with E-state index in [-0.39, 0.29) is 5.56 Å². The number of pyridine rings is 1. The second-order valence-electron chi connectivity index (χ2n) is 8.73. The number of ether oxygens (including phenoxy) is 1. The first kappa shape index (κ1) is 25.3. The fraction of sp³-hybridized carbons (Fsp3) is 0.423. The van der Waals surface area contributed by atoms with E-state index < -0.39 is 5.82 Å². The first-order chi connectivity index (χ1) is 17.1. The van der Waals surface area contributed by atoms with Crippen molar-refractivity contribution < 1.29 is 9.13 Å². The van der Waals surface area contributed by atoms with Gasteiger partial charge in [0, 0.05) is 53.7 Å². The van der Waals surface area contributed by atoms with Gasteiger partial charge in [-0.05, 0) is 69.3 Å². The minimum absolute atomic E-state index is 0.286. The Bertz CT molecular complexity index is 1130. The summed E-state index contributed by atoms with van der Waals surface area (Å²) < 4.78 is 20.6. The molecule has 0 bridgehead atoms. The van der Waals surface area contributed by atoms with Crippen LogP contribution in [0.4, 0.5) is 15.8 Å². The SMILES string of the molecule is CCCN(CCNC)CCOc1nnc(-c2cc(Cl)ccc2F)cc1Nc1ccnc(C2CC2)c1. The van der Waals surface area contributed by atoms with Crippen LogP contribution in [0.3, 0.4) is 0 Å². The average Bonchev–Trinajstić information content (AvgIpc) is 3.71. The Morgan fingerprint density at radius 2 is 1.97 bits per heavy atom. The van der Waals surface area contributed by atoms with Crippen molar-refractivity contribution in [3.8, 4) is 17.1 Å². The number of anilines is 2. The van der Waals surface area contributed by atoms with Gasteiger partial charge in [0.05, 0.1) is 5.69 Å². The number of nitrogens with zero attached hydrogens (tertiary/aromatic N) is 4. The van der Waals surface area contributed by atoms with Crippen LogP contribution in [-0.4, -0.2) is 59.9 Å². The summed E-state index contributed by atoms with van der Waals surface area (Å²) in [7, 11) is 1.95. The van der Waals surface area contributed by atoms with Crippen LogP contribution in [0.5, 0.6) is 5.88 Å². The van der Waals surface area contributed by atoms with Gasteiger partial charge in [-0.15, -0.1) is 10.2 Å². The van der Waals surface area contributed by atoms with Crippen LogP contribution in [0, 0.1) is 5.82 Å². The lowest BCUT2D eigenvalue weighted by Crippen LogP contribution is -2.34. The van der Waals surface area contributed by atoms with Gasteiger partial charge in [-0.25, -0.2) is 4.39 Å². The molecule has 35 heavy (non-hydrogen) atoms. The average molecular weight is 499 g/mol. The number of likely N-dealkylation sites (N-methyl/N-ethyl adjacent to an activating group) is 1. The minimum atomic E-state index is -0.414. The largest absolute Gasteiger partial charge is 0.474 e. The summed E-state index contributed by atoms with van der Waals surface area (Å²) in [5, 5.41) is 15.6. The number of benzene rings is 1. The maximum absolute atomic E-state index is 14.5. The zero-order valence-electron chi connectivity index (χ0n) is 20.2. The molecule has 1 aromatic carbocycles. The summed E-state index contributed by atoms with van der Waals surface area (Å²) in [5.74, 6) is 0.482. The summed E-state index contributed by atoms with van der Waals surface area (Å²) in [6.45, 7) is 6.25. The lowest BCUT2D eigenvalue weighted by Gasteiger charge is -2.21. The Labute approximate surface area is 211 Å². The molecule has 2 aromatic heterocycles. The molecule has 2 N–H and O–H groups in total. The Kier molecular flexibility index (Phi) is 8.84. The van der Waals surface area contributed by atoms with Gasteiger partial charge in [0.15, 0.2) is 0 Å². The van der Waals surface area contributed by atoms with E-state index in [9.17, 15) is 4.39 Å². The van der Waals surface area contributed by atoms with Crippen molar-refractivity contribution in [1.82, 2.24) is 25.4 Å². The van der Waals surface area contributed by atoms with Crippen LogP contribution < -0.4 is 15.4 Å². The third kappa shape index (κ3) is 7.10. The Morgan fingerprint density at radius 3 is 2.74 bits per heavy atom. The molecule has 1 saturated carbocycles. The number of halogens is 2. The van der Waals surface area contributed by atoms with Crippen LogP contribution in [0.1, 0.15) is 37.8 Å². The van der Waals surface area contributed by atoms with E-state index in [0.717, 1.165) is 44.0 Å². The molecule has 7 nitrogen and oxygen atoms in total. The quantitative estimate of drug-likeness (QED) is 0.333. The highest BCUT2D eigenvalue weighted by Gasteiger charge is 2.25. The highest BCUT2D eigenvalue weighted by molar-refractivity contribution is 6.30. The zero-order chi connectivity index (χ0) is 24.6. The van der Waals surface area contributed by atoms with Crippen molar-refractivity contribution in [3.63, 3.8) is 0 Å². The van der Waals surface area contributed by atoms with E-state index in [1.54, 1.807) is 18.3 Å². The lowest BCUT2D eigenvalue weighted by atomic mass is 10.1. The number of aromatic nitrogens is 3. The molecule has 0 atom stereocenters. The third-order valence-corrected chi connectivity index (χ3v) is 6.12. The fourth-order valence-electron chi connectivity index (χ4n) is 3.88. The minimum Gasteiger partial charge on any atom is -0.474 e. The van der Waals surface area contributed by atoms with Crippen molar-refractivity contribution >= 4 is 23.0 Å². The number of rotatable bonds is 13. The molecule has 0 amide bonds. The van der Waals surface area contributed by atoms with Gasteiger partial charge in [-0.1, -0.05) is 18.5 Å². The Hall–Kier alpha value is -2.81. The van der Waals surface area contributed by atoms with Crippen LogP contribution >= 0.6 is 11.6 Å². The summed E-state index contributed by atoms with van der Waals surface area (Å²) in [5.41, 5.74) is 3.21. The van der Waals surface area contributed by atoms with E-state index in [2.05, 4.69) is 37.6 Å². The van der Waals surface area contributed by atoms with Gasteiger partial charge < -0.3 is 15.4 Å². The van der Waals surface area contributed by atoms with Gasteiger partial charge in [-0.2, -0.15) is 0 Å². The molecule has 0 radical (unpaired) electrons. The molecule has 1 aliphatic carbocycles. The van der Waals surface area contributed by atoms with E-state index in [0.29, 0.717) is 34.8 Å². The van der Waals surface area contributed by atoms with Crippen molar-refractivity contribution in [2.24, 2.45) is 0 Å². The highest BCUT2D eigenvalue weighted by Crippen LogP contribution is 2.40. The fourth-order valence-corrected chi connectivity index (χ4v) is 4.05. The molecular weight excluding hydrogens is 467 g/mol. The van der Waals surface area contributed by atoms with Crippen molar-refractivity contribution in [2.75, 3.05) is 45.2 Å². The summed E-state index contributed by atoms with van der Waals surface area (Å²) in [4.78, 5) is 6.83. The first-order valence-electron chi connectivity index (χ1n) is 12.1. The van der Waals surface area contributed by atoms with E-state index in [4.69, 9.17) is 16.3 Å². The predicted octanol–water partition coefficient (Wildman–Crippen LogP) is 5.26. The Balaban J connectivity index is 1.57. The molecule has 9 heteroatoms. The van der Waals surface area contributed by atoms with E-state index in [1.807, 2.05) is 19.2 Å². The Morgan fingerprint density at radius 1 is 1.11 bits per heavy atom. The molecular formula is C26H32ClFN6O. The third-order valence-electron chi connectivity index (χ3n) is 5.88. The van der Waals surface area contributed by atoms with Crippen molar-refractivity contribution in [1.29, 1.82) is 0 Å². The number of nitrogens with one attached hydrogen (secondary N) is 2. The second kappa shape index (κ2) is 12.2. The molecule has 0 spiro atoms. The van der Waals surface area contributed by atoms with Gasteiger partial charge in [0.1, 0.15) is 18.1 Å². The second-order valence-corrected chi connectivity index (χ2v) is 9.17. The van der Waals surface area contributed by atoms with Gasteiger partial charge >= 0.3 is 0 Å². The van der Waals surface area contributed by atoms with Crippen molar-refractivity contribution in [3.05, 3.63) is 59.1 Å². The van der Waals surface area contributed by atoms with Gasteiger partial charge in [0.25, 0.3) is 5.88 Å². The topological polar surface area (TPSA) is 75.2 Å². The lowest BCUT2D eigenvalue weighted by molar-refractivity contribution is 0.205. The molecule has 1 fully saturated rings. The molecule has 0 saturated heterocycles. The van der Waals surface area contributed by atoms with Crippen LogP contribution in [0.25, 0.3) is 11.3 Å². The maximum atomic E-state index is 14.5. The molecule has 0 unspecified atom stereocenters. The molecule has 186 valence electrons. The zero-order valence-corrected chi connectivity index (χ0v) is 21.0. The van der Waals surface area contributed by atoms with Crippen LogP contribution in [0.2, 0.25) is 5.02 Å². The molecule has 3 aromatic rings. The smallest absolute Gasteiger partial charge is 0.257 e. The van der Waals surface area contributed by atoms with Crippen LogP contribution in [-0.2, 0) is 0 Å². The summed E-state index contributed by atoms with van der Waals surface area (Å²) in [6, 6.07) is 10.1. The molecule has 2 heterocycles. The number of hydrogen-bond donors (Lipinski definition) is 2. The number of hydrogen-bond acceptors (Lipinski definition) is 7. The normalized spacial score (nSPS) is 13.3. The van der Waals surface area contributed by atoms with E-state index in [1.165, 1.54) is 25.0 Å². The molecule has 0 aliphatic heterocycles. The van der Waals surface area contributed by atoms with Gasteiger partial charge in [0.2, 0.25) is 0 Å². The summed E-state index contributed by atoms with van der Waals surface area (Å²) >= 11 is 6.11.